The minimum absolute atomic E-state index is 0. The van der Waals surface area contributed by atoms with Crippen LogP contribution < -0.4 is 5.48 Å². The second-order valence-corrected chi connectivity index (χ2v) is 5.35. The molecule has 1 amide bonds. The fourth-order valence-electron chi connectivity index (χ4n) is 2.58. The zero-order valence-electron chi connectivity index (χ0n) is 13.6. The normalized spacial score (nSPS) is 10.5. The molecule has 6 heteroatoms. The lowest BCUT2D eigenvalue weighted by Crippen LogP contribution is -2.14. The monoisotopic (exact) mass is 355 g/mol. The summed E-state index contributed by atoms with van der Waals surface area (Å²) in [6.45, 7) is 0. The van der Waals surface area contributed by atoms with E-state index in [0.717, 1.165) is 28.1 Å². The van der Waals surface area contributed by atoms with Crippen LogP contribution in [0, 0.1) is 0 Å². The molecule has 1 heterocycles. The smallest absolute Gasteiger partial charge is 0.267 e. The molecule has 0 radical (unpaired) electrons. The van der Waals surface area contributed by atoms with Crippen LogP contribution >= 0.6 is 12.4 Å². The van der Waals surface area contributed by atoms with E-state index in [9.17, 15) is 4.79 Å². The molecule has 1 aromatic heterocycles. The predicted molar refractivity (Wildman–Crippen MR) is 100 cm³/mol. The Kier molecular flexibility index (Phi) is 6.11. The molecule has 5 nitrogen and oxygen atoms in total. The maximum Gasteiger partial charge on any atom is 0.267 e. The highest BCUT2D eigenvalue weighted by atomic mass is 35.5. The van der Waals surface area contributed by atoms with Crippen LogP contribution in [0.1, 0.15) is 5.56 Å². The van der Waals surface area contributed by atoms with Crippen LogP contribution in [0.15, 0.2) is 67.0 Å². The Labute approximate surface area is 152 Å². The quantitative estimate of drug-likeness (QED) is 0.426. The van der Waals surface area contributed by atoms with Crippen molar-refractivity contribution < 1.29 is 10.0 Å². The van der Waals surface area contributed by atoms with Crippen LogP contribution in [0.5, 0.6) is 0 Å². The highest BCUT2D eigenvalue weighted by Gasteiger charge is 2.13. The molecule has 128 valence electrons. The van der Waals surface area contributed by atoms with E-state index in [2.05, 4.69) is 4.98 Å². The van der Waals surface area contributed by atoms with Crippen molar-refractivity contribution in [3.05, 3.63) is 72.6 Å². The van der Waals surface area contributed by atoms with Gasteiger partial charge in [0.2, 0.25) is 0 Å². The first-order valence-corrected chi connectivity index (χ1v) is 7.48. The first kappa shape index (κ1) is 18.4. The van der Waals surface area contributed by atoms with E-state index in [1.165, 1.54) is 6.08 Å². The molecular weight excluding hydrogens is 338 g/mol. The third-order valence-corrected chi connectivity index (χ3v) is 3.68. The molecule has 0 aliphatic heterocycles. The highest BCUT2D eigenvalue weighted by molar-refractivity contribution is 5.91. The van der Waals surface area contributed by atoms with E-state index in [1.807, 2.05) is 66.2 Å². The minimum Gasteiger partial charge on any atom is -0.333 e. The maximum absolute atomic E-state index is 11.1. The lowest BCUT2D eigenvalue weighted by atomic mass is 10.0. The SMILES string of the molecule is Cl.Cn1cnc(-c2ccccc2)c1-c1cccc(C=CC(=O)NO)c1. The van der Waals surface area contributed by atoms with Gasteiger partial charge in [0.25, 0.3) is 5.91 Å². The van der Waals surface area contributed by atoms with E-state index >= 15 is 0 Å². The second kappa shape index (κ2) is 8.28. The summed E-state index contributed by atoms with van der Waals surface area (Å²) < 4.78 is 1.98. The third kappa shape index (κ3) is 4.15. The van der Waals surface area contributed by atoms with Gasteiger partial charge in [0.1, 0.15) is 0 Å². The number of nitrogens with one attached hydrogen (secondary N) is 1. The first-order chi connectivity index (χ1) is 11.7. The van der Waals surface area contributed by atoms with Crippen LogP contribution in [0.3, 0.4) is 0 Å². The van der Waals surface area contributed by atoms with E-state index in [4.69, 9.17) is 5.21 Å². The Morgan fingerprint density at radius 1 is 1.12 bits per heavy atom. The molecule has 0 aliphatic carbocycles. The van der Waals surface area contributed by atoms with Crippen molar-refractivity contribution in [3.8, 4) is 22.5 Å². The van der Waals surface area contributed by atoms with Gasteiger partial charge in [-0.2, -0.15) is 0 Å². The Hall–Kier alpha value is -2.89. The lowest BCUT2D eigenvalue weighted by molar-refractivity contribution is -0.124. The number of hydroxylamine groups is 1. The highest BCUT2D eigenvalue weighted by Crippen LogP contribution is 2.31. The molecule has 2 N–H and O–H groups in total. The molecule has 2 aromatic carbocycles. The average molecular weight is 356 g/mol. The Bertz CT molecular complexity index is 889. The largest absolute Gasteiger partial charge is 0.333 e. The Morgan fingerprint density at radius 2 is 1.84 bits per heavy atom. The summed E-state index contributed by atoms with van der Waals surface area (Å²) in [6.07, 6.45) is 4.72. The fourth-order valence-corrected chi connectivity index (χ4v) is 2.58. The molecule has 3 rings (SSSR count). The topological polar surface area (TPSA) is 67.2 Å². The van der Waals surface area contributed by atoms with Gasteiger partial charge in [0, 0.05) is 24.3 Å². The maximum atomic E-state index is 11.1. The number of hydrogen-bond donors (Lipinski definition) is 2. The summed E-state index contributed by atoms with van der Waals surface area (Å²) in [5, 5.41) is 8.55. The number of halogens is 1. The number of benzene rings is 2. The van der Waals surface area contributed by atoms with Gasteiger partial charge in [-0.1, -0.05) is 48.5 Å². The van der Waals surface area contributed by atoms with Crippen molar-refractivity contribution in [1.29, 1.82) is 0 Å². The predicted octanol–water partition coefficient (Wildman–Crippen LogP) is 3.69. The van der Waals surface area contributed by atoms with Gasteiger partial charge in [-0.15, -0.1) is 12.4 Å². The van der Waals surface area contributed by atoms with Crippen molar-refractivity contribution >= 4 is 24.4 Å². The standard InChI is InChI=1S/C19H17N3O2.ClH/c1-22-13-20-18(15-7-3-2-4-8-15)19(22)16-9-5-6-14(12-16)10-11-17(23)21-24;/h2-13,24H,1H3,(H,21,23);1H. The molecule has 0 saturated carbocycles. The van der Waals surface area contributed by atoms with Crippen LogP contribution in [-0.2, 0) is 11.8 Å². The molecule has 0 spiro atoms. The summed E-state index contributed by atoms with van der Waals surface area (Å²) in [6, 6.07) is 17.8. The number of rotatable bonds is 4. The number of aryl methyl sites for hydroxylation is 1. The Balaban J connectivity index is 0.00000225. The second-order valence-electron chi connectivity index (χ2n) is 5.35. The minimum atomic E-state index is -0.564. The summed E-state index contributed by atoms with van der Waals surface area (Å²) in [7, 11) is 1.95. The zero-order valence-corrected chi connectivity index (χ0v) is 14.4. The number of amides is 1. The van der Waals surface area contributed by atoms with E-state index in [0.29, 0.717) is 0 Å². The van der Waals surface area contributed by atoms with Gasteiger partial charge < -0.3 is 4.57 Å². The van der Waals surface area contributed by atoms with E-state index in [-0.39, 0.29) is 12.4 Å². The fraction of sp³-hybridized carbons (Fsp3) is 0.0526. The van der Waals surface area contributed by atoms with Crippen molar-refractivity contribution in [2.24, 2.45) is 7.05 Å². The van der Waals surface area contributed by atoms with Crippen LogP contribution in [0.2, 0.25) is 0 Å². The van der Waals surface area contributed by atoms with Crippen molar-refractivity contribution in [2.75, 3.05) is 0 Å². The number of carbonyl (C=O) groups excluding carboxylic acids is 1. The molecule has 25 heavy (non-hydrogen) atoms. The summed E-state index contributed by atoms with van der Waals surface area (Å²) in [5.41, 5.74) is 6.40. The zero-order chi connectivity index (χ0) is 16.9. The van der Waals surface area contributed by atoms with Crippen molar-refractivity contribution in [1.82, 2.24) is 15.0 Å². The molecule has 0 saturated heterocycles. The number of carbonyl (C=O) groups is 1. The molecule has 0 aliphatic rings. The van der Waals surface area contributed by atoms with Gasteiger partial charge in [-0.25, -0.2) is 10.5 Å². The van der Waals surface area contributed by atoms with Gasteiger partial charge in [-0.3, -0.25) is 10.0 Å². The molecule has 0 bridgehead atoms. The molecule has 0 fully saturated rings. The average Bonchev–Trinajstić information content (AvgIpc) is 3.02. The van der Waals surface area contributed by atoms with Gasteiger partial charge in [0.15, 0.2) is 0 Å². The number of hydrogen-bond acceptors (Lipinski definition) is 3. The number of imidazole rings is 1. The first-order valence-electron chi connectivity index (χ1n) is 7.48. The summed E-state index contributed by atoms with van der Waals surface area (Å²) in [4.78, 5) is 15.7. The van der Waals surface area contributed by atoms with Gasteiger partial charge >= 0.3 is 0 Å². The summed E-state index contributed by atoms with van der Waals surface area (Å²) >= 11 is 0. The molecule has 0 atom stereocenters. The summed E-state index contributed by atoms with van der Waals surface area (Å²) in [5.74, 6) is -0.564. The van der Waals surface area contributed by atoms with Crippen LogP contribution in [0.25, 0.3) is 28.6 Å². The lowest BCUT2D eigenvalue weighted by Gasteiger charge is -2.08. The van der Waals surface area contributed by atoms with Gasteiger partial charge in [0.05, 0.1) is 17.7 Å². The van der Waals surface area contributed by atoms with Crippen LogP contribution in [0.4, 0.5) is 0 Å². The van der Waals surface area contributed by atoms with Crippen LogP contribution in [-0.4, -0.2) is 20.7 Å². The Morgan fingerprint density at radius 3 is 2.56 bits per heavy atom. The molecular formula is C19H18ClN3O2. The number of nitrogens with zero attached hydrogens (tertiary/aromatic N) is 2. The number of aromatic nitrogens is 2. The van der Waals surface area contributed by atoms with E-state index < -0.39 is 5.91 Å². The van der Waals surface area contributed by atoms with E-state index in [1.54, 1.807) is 17.9 Å². The molecule has 3 aromatic rings. The third-order valence-electron chi connectivity index (χ3n) is 3.68. The van der Waals surface area contributed by atoms with Crippen molar-refractivity contribution in [3.63, 3.8) is 0 Å². The van der Waals surface area contributed by atoms with Gasteiger partial charge in [-0.05, 0) is 17.7 Å². The molecule has 0 unspecified atom stereocenters. The van der Waals surface area contributed by atoms with Crippen molar-refractivity contribution in [2.45, 2.75) is 0 Å².